The lowest BCUT2D eigenvalue weighted by molar-refractivity contribution is -0.167. The van der Waals surface area contributed by atoms with Crippen molar-refractivity contribution in [1.29, 1.82) is 0 Å². The quantitative estimate of drug-likeness (QED) is 0.0261. The zero-order valence-corrected chi connectivity index (χ0v) is 50.8. The van der Waals surface area contributed by atoms with E-state index in [4.69, 9.17) is 14.2 Å². The van der Waals surface area contributed by atoms with Crippen molar-refractivity contribution in [3.05, 3.63) is 60.8 Å². The number of carbonyl (C=O) groups excluding carboxylic acids is 3. The van der Waals surface area contributed by atoms with E-state index in [2.05, 4.69) is 81.5 Å². The minimum Gasteiger partial charge on any atom is -0.462 e. The van der Waals surface area contributed by atoms with Gasteiger partial charge in [0, 0.05) is 19.3 Å². The molecule has 1 unspecified atom stereocenters. The SMILES string of the molecule is CC/C=C\C/C=C\C/C=C\C/C=C\CCCCCCCCCCCCC(=O)OC(COC(=O)CCCCCCCCCC)COC(=O)CCCCCCCCCCCCCCCCC/C=C\CCCCCCCCCC. The Kier molecular flexibility index (Phi) is 62.2. The van der Waals surface area contributed by atoms with E-state index in [0.717, 1.165) is 83.5 Å². The van der Waals surface area contributed by atoms with Crippen LogP contribution in [0.1, 0.15) is 348 Å². The third kappa shape index (κ3) is 62.0. The van der Waals surface area contributed by atoms with E-state index in [9.17, 15) is 14.4 Å². The summed E-state index contributed by atoms with van der Waals surface area (Å²) in [5.74, 6) is -0.863. The van der Waals surface area contributed by atoms with Gasteiger partial charge in [-0.05, 0) is 83.5 Å². The lowest BCUT2D eigenvalue weighted by Crippen LogP contribution is -2.30. The van der Waals surface area contributed by atoms with E-state index in [0.29, 0.717) is 19.3 Å². The van der Waals surface area contributed by atoms with Crippen LogP contribution in [0.2, 0.25) is 0 Å². The first-order valence-corrected chi connectivity index (χ1v) is 33.3. The molecule has 0 aliphatic rings. The van der Waals surface area contributed by atoms with Crippen molar-refractivity contribution in [2.45, 2.75) is 354 Å². The fraction of sp³-hybridized carbons (Fsp3) is 0.814. The Hall–Kier alpha value is -2.89. The molecule has 1 atom stereocenters. The summed E-state index contributed by atoms with van der Waals surface area (Å²) in [5, 5.41) is 0. The molecule has 0 saturated heterocycles. The van der Waals surface area contributed by atoms with E-state index < -0.39 is 6.10 Å². The summed E-state index contributed by atoms with van der Waals surface area (Å²) in [6.45, 7) is 6.54. The molecule has 0 aliphatic carbocycles. The van der Waals surface area contributed by atoms with Gasteiger partial charge in [0.15, 0.2) is 6.10 Å². The van der Waals surface area contributed by atoms with E-state index >= 15 is 0 Å². The van der Waals surface area contributed by atoms with Gasteiger partial charge in [0.2, 0.25) is 0 Å². The van der Waals surface area contributed by atoms with Crippen LogP contribution in [0, 0.1) is 0 Å². The number of carbonyl (C=O) groups is 3. The topological polar surface area (TPSA) is 78.9 Å². The van der Waals surface area contributed by atoms with E-state index in [1.807, 2.05) is 0 Å². The summed E-state index contributed by atoms with van der Waals surface area (Å²) in [5.41, 5.74) is 0. The molecular formula is C70H126O6. The molecule has 0 spiro atoms. The zero-order chi connectivity index (χ0) is 55.0. The normalized spacial score (nSPS) is 12.4. The van der Waals surface area contributed by atoms with Crippen molar-refractivity contribution >= 4 is 17.9 Å². The fourth-order valence-corrected chi connectivity index (χ4v) is 9.79. The molecule has 0 radical (unpaired) electrons. The van der Waals surface area contributed by atoms with Gasteiger partial charge in [-0.25, -0.2) is 0 Å². The van der Waals surface area contributed by atoms with Crippen molar-refractivity contribution in [3.8, 4) is 0 Å². The molecule has 0 aromatic carbocycles. The minimum absolute atomic E-state index is 0.0721. The van der Waals surface area contributed by atoms with Crippen LogP contribution in [-0.4, -0.2) is 37.2 Å². The molecule has 0 aliphatic heterocycles. The maximum Gasteiger partial charge on any atom is 0.306 e. The van der Waals surface area contributed by atoms with Gasteiger partial charge in [-0.2, -0.15) is 0 Å². The molecule has 0 fully saturated rings. The number of esters is 3. The first-order chi connectivity index (χ1) is 37.5. The molecule has 0 amide bonds. The van der Waals surface area contributed by atoms with Crippen LogP contribution < -0.4 is 0 Å². The summed E-state index contributed by atoms with van der Waals surface area (Å²) in [7, 11) is 0. The molecule has 442 valence electrons. The monoisotopic (exact) mass is 1060 g/mol. The average Bonchev–Trinajstić information content (AvgIpc) is 3.42. The van der Waals surface area contributed by atoms with Crippen molar-refractivity contribution in [2.24, 2.45) is 0 Å². The van der Waals surface area contributed by atoms with Crippen LogP contribution in [0.4, 0.5) is 0 Å². The highest BCUT2D eigenvalue weighted by Crippen LogP contribution is 2.17. The molecule has 0 aromatic rings. The number of hydrogen-bond donors (Lipinski definition) is 0. The van der Waals surface area contributed by atoms with Gasteiger partial charge < -0.3 is 14.2 Å². The Morgan fingerprint density at radius 1 is 0.276 bits per heavy atom. The second-order valence-electron chi connectivity index (χ2n) is 22.4. The van der Waals surface area contributed by atoms with Crippen molar-refractivity contribution in [1.82, 2.24) is 0 Å². The van der Waals surface area contributed by atoms with Crippen molar-refractivity contribution < 1.29 is 28.6 Å². The van der Waals surface area contributed by atoms with Crippen molar-refractivity contribution in [3.63, 3.8) is 0 Å². The number of allylic oxidation sites excluding steroid dienone is 10. The van der Waals surface area contributed by atoms with Crippen LogP contribution in [0.3, 0.4) is 0 Å². The number of unbranched alkanes of at least 4 members (excludes halogenated alkanes) is 40. The van der Waals surface area contributed by atoms with Crippen LogP contribution in [-0.2, 0) is 28.6 Å². The number of rotatable bonds is 61. The zero-order valence-electron chi connectivity index (χ0n) is 50.8. The van der Waals surface area contributed by atoms with Gasteiger partial charge in [0.1, 0.15) is 13.2 Å². The van der Waals surface area contributed by atoms with E-state index in [1.54, 1.807) is 0 Å². The highest BCUT2D eigenvalue weighted by Gasteiger charge is 2.19. The largest absolute Gasteiger partial charge is 0.462 e. The molecule has 76 heavy (non-hydrogen) atoms. The smallest absolute Gasteiger partial charge is 0.306 e. The first-order valence-electron chi connectivity index (χ1n) is 33.3. The third-order valence-electron chi connectivity index (χ3n) is 14.8. The maximum absolute atomic E-state index is 12.9. The Morgan fingerprint density at radius 3 is 0.816 bits per heavy atom. The summed E-state index contributed by atoms with van der Waals surface area (Å²) < 4.78 is 16.9. The molecule has 6 heteroatoms. The van der Waals surface area contributed by atoms with Gasteiger partial charge in [-0.15, -0.1) is 0 Å². The van der Waals surface area contributed by atoms with Gasteiger partial charge in [-0.3, -0.25) is 14.4 Å². The van der Waals surface area contributed by atoms with Gasteiger partial charge >= 0.3 is 17.9 Å². The maximum atomic E-state index is 12.9. The lowest BCUT2D eigenvalue weighted by atomic mass is 10.0. The molecule has 0 N–H and O–H groups in total. The highest BCUT2D eigenvalue weighted by atomic mass is 16.6. The predicted molar refractivity (Wildman–Crippen MR) is 330 cm³/mol. The van der Waals surface area contributed by atoms with Crippen LogP contribution in [0.25, 0.3) is 0 Å². The predicted octanol–water partition coefficient (Wildman–Crippen LogP) is 22.7. The Balaban J connectivity index is 4.12. The van der Waals surface area contributed by atoms with Crippen LogP contribution in [0.5, 0.6) is 0 Å². The summed E-state index contributed by atoms with van der Waals surface area (Å²) in [6, 6.07) is 0. The average molecular weight is 1060 g/mol. The van der Waals surface area contributed by atoms with E-state index in [-0.39, 0.29) is 31.1 Å². The summed E-state index contributed by atoms with van der Waals surface area (Å²) in [4.78, 5) is 38.2. The van der Waals surface area contributed by atoms with Gasteiger partial charge in [-0.1, -0.05) is 306 Å². The highest BCUT2D eigenvalue weighted by molar-refractivity contribution is 5.71. The summed E-state index contributed by atoms with van der Waals surface area (Å²) in [6.07, 6.45) is 82.6. The number of ether oxygens (including phenoxy) is 3. The second-order valence-corrected chi connectivity index (χ2v) is 22.4. The molecule has 6 nitrogen and oxygen atoms in total. The van der Waals surface area contributed by atoms with Gasteiger partial charge in [0.25, 0.3) is 0 Å². The molecule has 0 aromatic heterocycles. The molecule has 0 bridgehead atoms. The molecular weight excluding hydrogens is 937 g/mol. The standard InChI is InChI=1S/C70H126O6/c1-4-7-10-13-16-19-21-23-25-27-29-31-33-34-35-36-38-39-41-43-45-47-49-51-54-57-60-63-69(72)75-66-67(65-74-68(71)62-59-56-53-18-15-12-9-6-3)76-70(73)64-61-58-55-52-50-48-46-44-42-40-37-32-30-28-26-24-22-20-17-14-11-8-5-2/h8,11,17,20,24,26-27,29-30,32,67H,4-7,9-10,12-16,18-19,21-23,25,28,31,33-66H2,1-3H3/b11-8-,20-17-,26-24-,29-27-,32-30-. The molecule has 0 rings (SSSR count). The van der Waals surface area contributed by atoms with Crippen molar-refractivity contribution in [2.75, 3.05) is 13.2 Å². The van der Waals surface area contributed by atoms with E-state index in [1.165, 1.54) is 225 Å². The minimum atomic E-state index is -0.774. The Morgan fingerprint density at radius 2 is 0.513 bits per heavy atom. The number of hydrogen-bond acceptors (Lipinski definition) is 6. The Labute approximate surface area is 472 Å². The Bertz CT molecular complexity index is 1360. The third-order valence-corrected chi connectivity index (χ3v) is 14.8. The van der Waals surface area contributed by atoms with Crippen LogP contribution >= 0.6 is 0 Å². The lowest BCUT2D eigenvalue weighted by Gasteiger charge is -2.18. The molecule has 0 saturated carbocycles. The second kappa shape index (κ2) is 64.6. The fourth-order valence-electron chi connectivity index (χ4n) is 9.79. The van der Waals surface area contributed by atoms with Crippen LogP contribution in [0.15, 0.2) is 60.8 Å². The first kappa shape index (κ1) is 73.1. The molecule has 0 heterocycles. The van der Waals surface area contributed by atoms with Gasteiger partial charge in [0.05, 0.1) is 0 Å². The summed E-state index contributed by atoms with van der Waals surface area (Å²) >= 11 is 0.